The maximum atomic E-state index is 13.9. The lowest BCUT2D eigenvalue weighted by Crippen LogP contribution is -2.25. The number of nitrogens with zero attached hydrogens (tertiary/aromatic N) is 6. The number of fused-ring (bicyclic) bond motifs is 1. The van der Waals surface area contributed by atoms with Crippen molar-refractivity contribution in [2.24, 2.45) is 0 Å². The van der Waals surface area contributed by atoms with Crippen molar-refractivity contribution in [2.75, 3.05) is 6.61 Å². The van der Waals surface area contributed by atoms with Crippen molar-refractivity contribution >= 4 is 11.2 Å². The van der Waals surface area contributed by atoms with Crippen LogP contribution in [-0.4, -0.2) is 42.2 Å². The Morgan fingerprint density at radius 2 is 1.71 bits per heavy atom. The van der Waals surface area contributed by atoms with Crippen molar-refractivity contribution in [3.8, 4) is 0 Å². The fourth-order valence-electron chi connectivity index (χ4n) is 5.25. The van der Waals surface area contributed by atoms with Gasteiger partial charge in [0.1, 0.15) is 11.3 Å². The minimum Gasteiger partial charge on any atom is -0.373 e. The Labute approximate surface area is 197 Å². The SMILES string of the molecule is Cc1nc2nc([C@@H]3CCO[C@@H](c4cnn(C5CC5)c4)C3)nc(C3CCC(F)(F)CC3)c2nc1C. The summed E-state index contributed by atoms with van der Waals surface area (Å²) < 4.78 is 35.9. The van der Waals surface area contributed by atoms with E-state index in [0.717, 1.165) is 41.3 Å². The van der Waals surface area contributed by atoms with Crippen LogP contribution in [0.1, 0.15) is 104 Å². The number of ether oxygens (including phenoxy) is 1. The van der Waals surface area contributed by atoms with Crippen LogP contribution < -0.4 is 0 Å². The predicted octanol–water partition coefficient (Wildman–Crippen LogP) is 5.50. The molecule has 0 radical (unpaired) electrons. The van der Waals surface area contributed by atoms with Crippen LogP contribution in [0.15, 0.2) is 12.4 Å². The zero-order valence-electron chi connectivity index (χ0n) is 19.7. The summed E-state index contributed by atoms with van der Waals surface area (Å²) in [4.78, 5) is 19.3. The van der Waals surface area contributed by atoms with Crippen molar-refractivity contribution in [1.29, 1.82) is 0 Å². The molecular formula is C25H30F2N6O. The Kier molecular flexibility index (Phi) is 5.35. The molecule has 0 spiro atoms. The van der Waals surface area contributed by atoms with Crippen molar-refractivity contribution < 1.29 is 13.5 Å². The average molecular weight is 469 g/mol. The van der Waals surface area contributed by atoms with E-state index in [1.807, 2.05) is 24.7 Å². The van der Waals surface area contributed by atoms with E-state index < -0.39 is 5.92 Å². The van der Waals surface area contributed by atoms with Crippen LogP contribution in [-0.2, 0) is 4.74 Å². The van der Waals surface area contributed by atoms with Gasteiger partial charge >= 0.3 is 0 Å². The lowest BCUT2D eigenvalue weighted by Gasteiger charge is -2.30. The molecule has 9 heteroatoms. The van der Waals surface area contributed by atoms with Crippen LogP contribution in [0.4, 0.5) is 8.78 Å². The largest absolute Gasteiger partial charge is 0.373 e. The molecule has 3 aromatic heterocycles. The van der Waals surface area contributed by atoms with Gasteiger partial charge in [0.15, 0.2) is 5.65 Å². The first-order valence-electron chi connectivity index (χ1n) is 12.4. The molecule has 34 heavy (non-hydrogen) atoms. The van der Waals surface area contributed by atoms with E-state index in [0.29, 0.717) is 36.7 Å². The highest BCUT2D eigenvalue weighted by Crippen LogP contribution is 2.43. The van der Waals surface area contributed by atoms with E-state index in [9.17, 15) is 8.78 Å². The van der Waals surface area contributed by atoms with Gasteiger partial charge in [-0.15, -0.1) is 0 Å². The fraction of sp³-hybridized carbons (Fsp3) is 0.640. The fourth-order valence-corrected chi connectivity index (χ4v) is 5.25. The topological polar surface area (TPSA) is 78.6 Å². The summed E-state index contributed by atoms with van der Waals surface area (Å²) in [6, 6.07) is 0.535. The van der Waals surface area contributed by atoms with Crippen LogP contribution in [0.2, 0.25) is 0 Å². The molecule has 0 N–H and O–H groups in total. The molecule has 7 nitrogen and oxygen atoms in total. The predicted molar refractivity (Wildman–Crippen MR) is 122 cm³/mol. The van der Waals surface area contributed by atoms with Crippen molar-refractivity contribution in [1.82, 2.24) is 29.7 Å². The summed E-state index contributed by atoms with van der Waals surface area (Å²) in [6.45, 7) is 4.46. The Morgan fingerprint density at radius 1 is 0.941 bits per heavy atom. The number of hydrogen-bond acceptors (Lipinski definition) is 6. The molecule has 6 rings (SSSR count). The number of rotatable bonds is 4. The normalized spacial score (nSPS) is 25.6. The smallest absolute Gasteiger partial charge is 0.248 e. The number of hydrogen-bond donors (Lipinski definition) is 0. The highest BCUT2D eigenvalue weighted by atomic mass is 19.3. The summed E-state index contributed by atoms with van der Waals surface area (Å²) in [5.74, 6) is -1.79. The number of halogens is 2. The molecule has 2 atom stereocenters. The summed E-state index contributed by atoms with van der Waals surface area (Å²) >= 11 is 0. The lowest BCUT2D eigenvalue weighted by molar-refractivity contribution is -0.0384. The third kappa shape index (κ3) is 4.19. The van der Waals surface area contributed by atoms with E-state index in [4.69, 9.17) is 24.7 Å². The molecule has 0 bridgehead atoms. The van der Waals surface area contributed by atoms with Gasteiger partial charge in [-0.2, -0.15) is 5.10 Å². The Bertz CT molecular complexity index is 1210. The number of alkyl halides is 2. The lowest BCUT2D eigenvalue weighted by atomic mass is 9.84. The van der Waals surface area contributed by atoms with Gasteiger partial charge in [-0.1, -0.05) is 0 Å². The molecule has 1 saturated heterocycles. The van der Waals surface area contributed by atoms with E-state index in [-0.39, 0.29) is 30.8 Å². The quantitative estimate of drug-likeness (QED) is 0.503. The molecule has 3 aliphatic rings. The highest BCUT2D eigenvalue weighted by molar-refractivity contribution is 5.73. The first-order chi connectivity index (χ1) is 16.4. The Morgan fingerprint density at radius 3 is 2.47 bits per heavy atom. The molecule has 2 aliphatic carbocycles. The second kappa shape index (κ2) is 8.29. The molecule has 3 fully saturated rings. The van der Waals surface area contributed by atoms with E-state index >= 15 is 0 Å². The molecule has 0 amide bonds. The number of aromatic nitrogens is 6. The van der Waals surface area contributed by atoms with Gasteiger partial charge in [0, 0.05) is 43.0 Å². The average Bonchev–Trinajstić information content (AvgIpc) is 3.56. The monoisotopic (exact) mass is 468 g/mol. The molecule has 4 heterocycles. The summed E-state index contributed by atoms with van der Waals surface area (Å²) in [5, 5.41) is 4.52. The van der Waals surface area contributed by atoms with Gasteiger partial charge < -0.3 is 4.74 Å². The van der Waals surface area contributed by atoms with Crippen molar-refractivity contribution in [3.05, 3.63) is 40.9 Å². The van der Waals surface area contributed by atoms with Gasteiger partial charge in [0.2, 0.25) is 5.92 Å². The minimum absolute atomic E-state index is 0.0480. The van der Waals surface area contributed by atoms with E-state index in [1.54, 1.807) is 0 Å². The summed E-state index contributed by atoms with van der Waals surface area (Å²) in [7, 11) is 0. The third-order valence-electron chi connectivity index (χ3n) is 7.65. The van der Waals surface area contributed by atoms with Crippen LogP contribution in [0, 0.1) is 13.8 Å². The summed E-state index contributed by atoms with van der Waals surface area (Å²) in [5.41, 5.74) is 4.77. The van der Waals surface area contributed by atoms with Crippen molar-refractivity contribution in [3.63, 3.8) is 0 Å². The van der Waals surface area contributed by atoms with Gasteiger partial charge in [-0.25, -0.2) is 28.7 Å². The maximum absolute atomic E-state index is 13.9. The second-order valence-corrected chi connectivity index (χ2v) is 10.2. The van der Waals surface area contributed by atoms with Gasteiger partial charge in [-0.05, 0) is 52.4 Å². The van der Waals surface area contributed by atoms with Gasteiger partial charge in [-0.3, -0.25) is 4.68 Å². The highest BCUT2D eigenvalue weighted by Gasteiger charge is 2.37. The van der Waals surface area contributed by atoms with Crippen LogP contribution in [0.3, 0.4) is 0 Å². The van der Waals surface area contributed by atoms with Crippen molar-refractivity contribution in [2.45, 2.75) is 95.1 Å². The van der Waals surface area contributed by atoms with E-state index in [2.05, 4.69) is 11.3 Å². The van der Waals surface area contributed by atoms with Crippen LogP contribution in [0.5, 0.6) is 0 Å². The maximum Gasteiger partial charge on any atom is 0.248 e. The Hall–Kier alpha value is -2.55. The first kappa shape index (κ1) is 21.9. The molecule has 0 aromatic carbocycles. The zero-order chi connectivity index (χ0) is 23.4. The van der Waals surface area contributed by atoms with E-state index in [1.165, 1.54) is 12.8 Å². The summed E-state index contributed by atoms with van der Waals surface area (Å²) in [6.07, 6.45) is 8.53. The molecule has 0 unspecified atom stereocenters. The van der Waals surface area contributed by atoms with Crippen LogP contribution in [0.25, 0.3) is 11.2 Å². The zero-order valence-corrected chi connectivity index (χ0v) is 19.7. The second-order valence-electron chi connectivity index (χ2n) is 10.2. The minimum atomic E-state index is -2.58. The van der Waals surface area contributed by atoms with Gasteiger partial charge in [0.05, 0.1) is 35.4 Å². The molecule has 1 aliphatic heterocycles. The molecule has 180 valence electrons. The van der Waals surface area contributed by atoms with Gasteiger partial charge in [0.25, 0.3) is 0 Å². The standard InChI is InChI=1S/C25H30F2N6O/c1-14-15(2)30-24-22(29-14)21(16-5-8-25(26,27)9-6-16)31-23(32-24)17-7-10-34-20(11-17)18-12-28-33(13-18)19-3-4-19/h12-13,16-17,19-20H,3-11H2,1-2H3/t17-,20-/m1/s1. The molecule has 3 aromatic rings. The molecule has 2 saturated carbocycles. The third-order valence-corrected chi connectivity index (χ3v) is 7.65. The number of aryl methyl sites for hydroxylation is 2. The Balaban J connectivity index is 1.33. The van der Waals surface area contributed by atoms with Crippen LogP contribution >= 0.6 is 0 Å². The molecular weight excluding hydrogens is 438 g/mol. The first-order valence-corrected chi connectivity index (χ1v) is 12.4.